The lowest BCUT2D eigenvalue weighted by molar-refractivity contribution is -0.130. The van der Waals surface area contributed by atoms with E-state index in [1.165, 1.54) is 6.08 Å². The monoisotopic (exact) mass is 468 g/mol. The Balaban J connectivity index is 1.25. The van der Waals surface area contributed by atoms with Crippen LogP contribution in [0.4, 0.5) is 5.69 Å². The van der Waals surface area contributed by atoms with E-state index in [0.29, 0.717) is 30.2 Å². The lowest BCUT2D eigenvalue weighted by Gasteiger charge is -2.31. The fourth-order valence-electron chi connectivity index (χ4n) is 4.10. The number of hydrogen-bond acceptors (Lipinski definition) is 6. The SMILES string of the molecule is C=CC(=O)N1CCCC(C(=O)Nc2ccc(-n3cc(-c4cccc(-c5ccn[nH]5)n4)nn3)cc2)C1. The maximum atomic E-state index is 12.7. The van der Waals surface area contributed by atoms with Gasteiger partial charge in [0.25, 0.3) is 0 Å². The first-order valence-corrected chi connectivity index (χ1v) is 11.3. The van der Waals surface area contributed by atoms with Gasteiger partial charge in [-0.25, -0.2) is 9.67 Å². The van der Waals surface area contributed by atoms with Crippen LogP contribution >= 0.6 is 0 Å². The van der Waals surface area contributed by atoms with E-state index in [2.05, 4.69) is 37.4 Å². The maximum Gasteiger partial charge on any atom is 0.245 e. The number of benzene rings is 1. The van der Waals surface area contributed by atoms with Crippen LogP contribution in [-0.2, 0) is 9.59 Å². The zero-order valence-electron chi connectivity index (χ0n) is 19.0. The van der Waals surface area contributed by atoms with Gasteiger partial charge in [-0.1, -0.05) is 17.9 Å². The molecule has 0 radical (unpaired) electrons. The third-order valence-electron chi connectivity index (χ3n) is 5.96. The summed E-state index contributed by atoms with van der Waals surface area (Å²) in [5.74, 6) is -0.469. The maximum absolute atomic E-state index is 12.7. The molecule has 35 heavy (non-hydrogen) atoms. The van der Waals surface area contributed by atoms with E-state index in [0.717, 1.165) is 29.9 Å². The lowest BCUT2D eigenvalue weighted by atomic mass is 9.97. The molecule has 0 spiro atoms. The van der Waals surface area contributed by atoms with Crippen molar-refractivity contribution in [2.45, 2.75) is 12.8 Å². The van der Waals surface area contributed by atoms with Crippen molar-refractivity contribution in [1.82, 2.24) is 35.1 Å². The molecule has 1 fully saturated rings. The predicted molar refractivity (Wildman–Crippen MR) is 130 cm³/mol. The molecule has 1 aliphatic rings. The Kier molecular flexibility index (Phi) is 6.16. The minimum atomic E-state index is -0.241. The smallest absolute Gasteiger partial charge is 0.245 e. The molecule has 1 aromatic carbocycles. The number of nitrogens with one attached hydrogen (secondary N) is 2. The third kappa shape index (κ3) is 4.86. The summed E-state index contributed by atoms with van der Waals surface area (Å²) in [7, 11) is 0. The number of carbonyl (C=O) groups is 2. The summed E-state index contributed by atoms with van der Waals surface area (Å²) in [6.07, 6.45) is 6.33. The average Bonchev–Trinajstić information content (AvgIpc) is 3.62. The molecular formula is C25H24N8O2. The Bertz CT molecular complexity index is 1340. The zero-order valence-corrected chi connectivity index (χ0v) is 19.0. The van der Waals surface area contributed by atoms with Crippen LogP contribution in [0.3, 0.4) is 0 Å². The van der Waals surface area contributed by atoms with E-state index >= 15 is 0 Å². The highest BCUT2D eigenvalue weighted by Gasteiger charge is 2.27. The molecule has 1 atom stereocenters. The molecule has 4 heterocycles. The van der Waals surface area contributed by atoms with Crippen molar-refractivity contribution in [1.29, 1.82) is 0 Å². The molecule has 10 nitrogen and oxygen atoms in total. The van der Waals surface area contributed by atoms with Gasteiger partial charge in [0.15, 0.2) is 0 Å². The molecule has 1 aliphatic heterocycles. The van der Waals surface area contributed by atoms with Gasteiger partial charge in [-0.3, -0.25) is 14.7 Å². The number of nitrogens with zero attached hydrogens (tertiary/aromatic N) is 6. The minimum Gasteiger partial charge on any atom is -0.338 e. The number of amides is 2. The molecule has 2 amide bonds. The summed E-state index contributed by atoms with van der Waals surface area (Å²) >= 11 is 0. The van der Waals surface area contributed by atoms with E-state index < -0.39 is 0 Å². The highest BCUT2D eigenvalue weighted by Crippen LogP contribution is 2.22. The van der Waals surface area contributed by atoms with Gasteiger partial charge in [-0.2, -0.15) is 5.10 Å². The molecule has 5 rings (SSSR count). The largest absolute Gasteiger partial charge is 0.338 e. The van der Waals surface area contributed by atoms with Gasteiger partial charge in [0.2, 0.25) is 11.8 Å². The molecule has 0 saturated carbocycles. The van der Waals surface area contributed by atoms with Crippen molar-refractivity contribution < 1.29 is 9.59 Å². The van der Waals surface area contributed by atoms with Crippen molar-refractivity contribution >= 4 is 17.5 Å². The molecule has 176 valence electrons. The number of likely N-dealkylation sites (tertiary alicyclic amines) is 1. The standard InChI is InChI=1S/C25H24N8O2/c1-2-24(34)32-14-4-5-17(15-32)25(35)27-18-8-10-19(11-9-18)33-16-23(30-31-33)21-7-3-6-20(28-21)22-12-13-26-29-22/h2-3,6-13,16-17H,1,4-5,14-15H2,(H,26,29)(H,27,35). The molecule has 0 bridgehead atoms. The second-order valence-corrected chi connectivity index (χ2v) is 8.29. The molecular weight excluding hydrogens is 444 g/mol. The summed E-state index contributed by atoms with van der Waals surface area (Å²) in [5, 5.41) is 18.3. The molecule has 10 heteroatoms. The van der Waals surface area contributed by atoms with Gasteiger partial charge in [0, 0.05) is 25.0 Å². The number of piperidine rings is 1. The van der Waals surface area contributed by atoms with Crippen LogP contribution < -0.4 is 5.32 Å². The molecule has 3 aromatic heterocycles. The van der Waals surface area contributed by atoms with Gasteiger partial charge in [0.1, 0.15) is 5.69 Å². The van der Waals surface area contributed by atoms with E-state index in [4.69, 9.17) is 0 Å². The number of rotatable bonds is 6. The van der Waals surface area contributed by atoms with Crippen LogP contribution in [0.1, 0.15) is 12.8 Å². The van der Waals surface area contributed by atoms with Crippen LogP contribution in [-0.4, -0.2) is 60.0 Å². The number of anilines is 1. The number of pyridine rings is 1. The second-order valence-electron chi connectivity index (χ2n) is 8.29. The minimum absolute atomic E-state index is 0.0921. The van der Waals surface area contributed by atoms with Crippen LogP contribution in [0.15, 0.2) is 73.6 Å². The van der Waals surface area contributed by atoms with Crippen molar-refractivity contribution in [3.63, 3.8) is 0 Å². The van der Waals surface area contributed by atoms with Crippen molar-refractivity contribution in [3.8, 4) is 28.5 Å². The Morgan fingerprint density at radius 2 is 1.91 bits per heavy atom. The van der Waals surface area contributed by atoms with Crippen LogP contribution in [0, 0.1) is 5.92 Å². The molecule has 1 saturated heterocycles. The van der Waals surface area contributed by atoms with E-state index in [9.17, 15) is 9.59 Å². The van der Waals surface area contributed by atoms with Crippen LogP contribution in [0.5, 0.6) is 0 Å². The van der Waals surface area contributed by atoms with Crippen LogP contribution in [0.2, 0.25) is 0 Å². The lowest BCUT2D eigenvalue weighted by Crippen LogP contribution is -2.43. The van der Waals surface area contributed by atoms with E-state index in [1.54, 1.807) is 22.0 Å². The molecule has 2 N–H and O–H groups in total. The van der Waals surface area contributed by atoms with Gasteiger partial charge >= 0.3 is 0 Å². The second kappa shape index (κ2) is 9.72. The highest BCUT2D eigenvalue weighted by molar-refractivity contribution is 5.94. The fourth-order valence-corrected chi connectivity index (χ4v) is 4.10. The van der Waals surface area contributed by atoms with Crippen molar-refractivity contribution in [2.75, 3.05) is 18.4 Å². The number of carbonyl (C=O) groups excluding carboxylic acids is 2. The first-order chi connectivity index (χ1) is 17.1. The van der Waals surface area contributed by atoms with Crippen molar-refractivity contribution in [3.05, 3.63) is 73.6 Å². The van der Waals surface area contributed by atoms with Gasteiger partial charge < -0.3 is 10.2 Å². The number of H-pyrrole nitrogens is 1. The number of aromatic nitrogens is 6. The zero-order chi connectivity index (χ0) is 24.2. The van der Waals surface area contributed by atoms with E-state index in [1.807, 2.05) is 48.5 Å². The van der Waals surface area contributed by atoms with Crippen molar-refractivity contribution in [2.24, 2.45) is 5.92 Å². The highest BCUT2D eigenvalue weighted by atomic mass is 16.2. The normalized spacial score (nSPS) is 15.5. The summed E-state index contributed by atoms with van der Waals surface area (Å²) < 4.78 is 1.66. The fraction of sp³-hybridized carbons (Fsp3) is 0.200. The van der Waals surface area contributed by atoms with Gasteiger partial charge in [-0.05, 0) is 61.4 Å². The first kappa shape index (κ1) is 22.2. The topological polar surface area (TPSA) is 122 Å². The van der Waals surface area contributed by atoms with Gasteiger partial charge in [-0.15, -0.1) is 5.10 Å². The Morgan fingerprint density at radius 3 is 2.69 bits per heavy atom. The van der Waals surface area contributed by atoms with E-state index in [-0.39, 0.29) is 17.7 Å². The molecule has 0 aliphatic carbocycles. The third-order valence-corrected chi connectivity index (χ3v) is 5.96. The summed E-state index contributed by atoms with van der Waals surface area (Å²) in [6, 6.07) is 14.9. The molecule has 4 aromatic rings. The quantitative estimate of drug-likeness (QED) is 0.420. The average molecular weight is 469 g/mol. The Labute approximate surface area is 201 Å². The van der Waals surface area contributed by atoms with Crippen LogP contribution in [0.25, 0.3) is 28.5 Å². The summed E-state index contributed by atoms with van der Waals surface area (Å²) in [5.41, 5.74) is 4.41. The van der Waals surface area contributed by atoms with Gasteiger partial charge in [0.05, 0.1) is 34.9 Å². The Hall–Kier alpha value is -4.60. The summed E-state index contributed by atoms with van der Waals surface area (Å²) in [4.78, 5) is 30.9. The number of aromatic amines is 1. The molecule has 1 unspecified atom stereocenters. The summed E-state index contributed by atoms with van der Waals surface area (Å²) in [6.45, 7) is 4.60. The number of hydrogen-bond donors (Lipinski definition) is 2. The predicted octanol–water partition coefficient (Wildman–Crippen LogP) is 3.08. The Morgan fingerprint density at radius 1 is 1.09 bits per heavy atom. The first-order valence-electron chi connectivity index (χ1n) is 11.3.